The first-order valence-corrected chi connectivity index (χ1v) is 7.54. The minimum absolute atomic E-state index is 0.0979. The van der Waals surface area contributed by atoms with Gasteiger partial charge in [0.25, 0.3) is 0 Å². The van der Waals surface area contributed by atoms with Crippen molar-refractivity contribution in [3.05, 3.63) is 53.4 Å². The first-order valence-electron chi connectivity index (χ1n) is 7.54. The number of aliphatic hydroxyl groups excluding tert-OH is 1. The molecule has 0 saturated heterocycles. The summed E-state index contributed by atoms with van der Waals surface area (Å²) in [6.45, 7) is 3.11. The van der Waals surface area contributed by atoms with Gasteiger partial charge in [-0.25, -0.2) is 0 Å². The third kappa shape index (κ3) is 2.21. The summed E-state index contributed by atoms with van der Waals surface area (Å²) in [6.07, 6.45) is 6.36. The number of rotatable bonds is 2. The Kier molecular flexibility index (Phi) is 3.44. The van der Waals surface area contributed by atoms with E-state index in [4.69, 9.17) is 4.74 Å². The summed E-state index contributed by atoms with van der Waals surface area (Å²) in [7, 11) is 3.65. The van der Waals surface area contributed by atoms with Gasteiger partial charge in [-0.15, -0.1) is 0 Å². The molecule has 0 bridgehead atoms. The maximum atomic E-state index is 10.5. The van der Waals surface area contributed by atoms with Crippen LogP contribution < -0.4 is 4.74 Å². The molecule has 1 aliphatic carbocycles. The van der Waals surface area contributed by atoms with E-state index in [-0.39, 0.29) is 5.41 Å². The summed E-state index contributed by atoms with van der Waals surface area (Å²) < 4.78 is 5.39. The summed E-state index contributed by atoms with van der Waals surface area (Å²) in [4.78, 5) is 1.94. The van der Waals surface area contributed by atoms with E-state index in [1.165, 1.54) is 5.56 Å². The van der Waals surface area contributed by atoms with Gasteiger partial charge in [0.2, 0.25) is 0 Å². The van der Waals surface area contributed by atoms with Crippen LogP contribution in [0.3, 0.4) is 0 Å². The van der Waals surface area contributed by atoms with E-state index in [9.17, 15) is 5.11 Å². The Labute approximate surface area is 126 Å². The topological polar surface area (TPSA) is 32.7 Å². The van der Waals surface area contributed by atoms with E-state index in [0.717, 1.165) is 30.7 Å². The molecule has 3 rings (SSSR count). The number of aliphatic hydroxyl groups is 1. The van der Waals surface area contributed by atoms with E-state index in [0.29, 0.717) is 11.8 Å². The largest absolute Gasteiger partial charge is 0.497 e. The lowest BCUT2D eigenvalue weighted by atomic mass is 9.63. The van der Waals surface area contributed by atoms with Gasteiger partial charge in [-0.05, 0) is 36.5 Å². The molecular formula is C18H23NO2. The zero-order chi connectivity index (χ0) is 15.0. The minimum atomic E-state index is -0.0979. The van der Waals surface area contributed by atoms with Crippen LogP contribution in [0.25, 0.3) is 0 Å². The van der Waals surface area contributed by atoms with Crippen LogP contribution >= 0.6 is 0 Å². The maximum absolute atomic E-state index is 10.5. The van der Waals surface area contributed by atoms with Gasteiger partial charge in [-0.2, -0.15) is 0 Å². The van der Waals surface area contributed by atoms with Crippen molar-refractivity contribution in [2.45, 2.75) is 25.2 Å². The van der Waals surface area contributed by atoms with Crippen molar-refractivity contribution in [2.75, 3.05) is 20.7 Å². The molecule has 2 atom stereocenters. The number of allylic oxidation sites excluding steroid dienone is 3. The lowest BCUT2D eigenvalue weighted by Crippen LogP contribution is -2.42. The lowest BCUT2D eigenvalue weighted by molar-refractivity contribution is 0.171. The second-order valence-electron chi connectivity index (χ2n) is 6.26. The number of nitrogens with zero attached hydrogens (tertiary/aromatic N) is 1. The van der Waals surface area contributed by atoms with Gasteiger partial charge in [0, 0.05) is 24.6 Å². The van der Waals surface area contributed by atoms with Crippen molar-refractivity contribution in [3.63, 3.8) is 0 Å². The SMILES string of the molecule is COc1cccc([C@]23CCN(C)C(O)=C2C=C[C@H](C)C3)c1. The van der Waals surface area contributed by atoms with Crippen LogP contribution in [0.1, 0.15) is 25.3 Å². The quantitative estimate of drug-likeness (QED) is 0.900. The Hall–Kier alpha value is -1.90. The third-order valence-electron chi connectivity index (χ3n) is 4.88. The number of ether oxygens (including phenoxy) is 1. The molecule has 3 heteroatoms. The molecular weight excluding hydrogens is 262 g/mol. The highest BCUT2D eigenvalue weighted by atomic mass is 16.5. The highest BCUT2D eigenvalue weighted by Gasteiger charge is 2.43. The van der Waals surface area contributed by atoms with Gasteiger partial charge >= 0.3 is 0 Å². The van der Waals surface area contributed by atoms with Crippen molar-refractivity contribution < 1.29 is 9.84 Å². The zero-order valence-corrected chi connectivity index (χ0v) is 13.0. The minimum Gasteiger partial charge on any atom is -0.497 e. The number of benzene rings is 1. The Balaban J connectivity index is 2.17. The van der Waals surface area contributed by atoms with E-state index >= 15 is 0 Å². The second kappa shape index (κ2) is 5.14. The smallest absolute Gasteiger partial charge is 0.190 e. The van der Waals surface area contributed by atoms with Gasteiger partial charge in [-0.1, -0.05) is 31.2 Å². The van der Waals surface area contributed by atoms with Crippen molar-refractivity contribution in [1.29, 1.82) is 0 Å². The van der Waals surface area contributed by atoms with Crippen LogP contribution in [0, 0.1) is 5.92 Å². The molecule has 1 aromatic carbocycles. The normalized spacial score (nSPS) is 28.5. The summed E-state index contributed by atoms with van der Waals surface area (Å²) in [5, 5.41) is 10.5. The van der Waals surface area contributed by atoms with Gasteiger partial charge < -0.3 is 14.7 Å². The standard InChI is InChI=1S/C18H23NO2/c1-13-7-8-16-17(20)19(2)10-9-18(16,12-13)14-5-4-6-15(11-14)21-3/h4-8,11,13,20H,9-10,12H2,1-3H3/t13-,18+/m0/s1. The summed E-state index contributed by atoms with van der Waals surface area (Å²) in [5.41, 5.74) is 2.19. The van der Waals surface area contributed by atoms with Gasteiger partial charge in [-0.3, -0.25) is 0 Å². The molecule has 0 aromatic heterocycles. The van der Waals surface area contributed by atoms with Gasteiger partial charge in [0.05, 0.1) is 7.11 Å². The first kappa shape index (κ1) is 14.1. The van der Waals surface area contributed by atoms with Crippen molar-refractivity contribution in [2.24, 2.45) is 5.92 Å². The lowest BCUT2D eigenvalue weighted by Gasteiger charge is -2.45. The van der Waals surface area contributed by atoms with E-state index in [1.807, 2.05) is 24.1 Å². The van der Waals surface area contributed by atoms with Gasteiger partial charge in [0.15, 0.2) is 5.88 Å². The first-order chi connectivity index (χ1) is 10.1. The average molecular weight is 285 g/mol. The van der Waals surface area contributed by atoms with Crippen LogP contribution in [0.5, 0.6) is 5.75 Å². The van der Waals surface area contributed by atoms with Crippen LogP contribution in [0.4, 0.5) is 0 Å². The Morgan fingerprint density at radius 1 is 1.38 bits per heavy atom. The van der Waals surface area contributed by atoms with Crippen molar-refractivity contribution in [3.8, 4) is 5.75 Å². The molecule has 112 valence electrons. The molecule has 0 amide bonds. The van der Waals surface area contributed by atoms with Crippen molar-refractivity contribution in [1.82, 2.24) is 4.90 Å². The number of fused-ring (bicyclic) bond motifs is 1. The van der Waals surface area contributed by atoms with Crippen LogP contribution in [-0.2, 0) is 5.41 Å². The third-order valence-corrected chi connectivity index (χ3v) is 4.88. The molecule has 1 aliphatic heterocycles. The molecule has 0 radical (unpaired) electrons. The zero-order valence-electron chi connectivity index (χ0n) is 13.0. The molecule has 1 heterocycles. The van der Waals surface area contributed by atoms with Gasteiger partial charge in [0.1, 0.15) is 5.75 Å². The summed E-state index contributed by atoms with van der Waals surface area (Å²) in [6, 6.07) is 8.29. The monoisotopic (exact) mass is 285 g/mol. The van der Waals surface area contributed by atoms with E-state index in [1.54, 1.807) is 7.11 Å². The molecule has 0 unspecified atom stereocenters. The highest BCUT2D eigenvalue weighted by molar-refractivity contribution is 5.48. The predicted molar refractivity (Wildman–Crippen MR) is 84.5 cm³/mol. The summed E-state index contributed by atoms with van der Waals surface area (Å²) >= 11 is 0. The molecule has 0 fully saturated rings. The Morgan fingerprint density at radius 3 is 2.95 bits per heavy atom. The molecule has 2 aliphatic rings. The molecule has 21 heavy (non-hydrogen) atoms. The Bertz CT molecular complexity index is 605. The number of methoxy groups -OCH3 is 1. The maximum Gasteiger partial charge on any atom is 0.190 e. The van der Waals surface area contributed by atoms with E-state index in [2.05, 4.69) is 31.2 Å². The number of hydrogen-bond donors (Lipinski definition) is 1. The predicted octanol–water partition coefficient (Wildman–Crippen LogP) is 3.63. The molecule has 3 nitrogen and oxygen atoms in total. The van der Waals surface area contributed by atoms with Crippen molar-refractivity contribution >= 4 is 0 Å². The van der Waals surface area contributed by atoms with E-state index < -0.39 is 0 Å². The number of hydrogen-bond acceptors (Lipinski definition) is 3. The summed E-state index contributed by atoms with van der Waals surface area (Å²) in [5.74, 6) is 1.80. The molecule has 0 saturated carbocycles. The molecule has 0 spiro atoms. The highest BCUT2D eigenvalue weighted by Crippen LogP contribution is 2.49. The van der Waals surface area contributed by atoms with Crippen LogP contribution in [-0.4, -0.2) is 30.7 Å². The van der Waals surface area contributed by atoms with Crippen LogP contribution in [0.15, 0.2) is 47.9 Å². The Morgan fingerprint density at radius 2 is 2.19 bits per heavy atom. The molecule has 1 aromatic rings. The van der Waals surface area contributed by atoms with Crippen LogP contribution in [0.2, 0.25) is 0 Å². The fourth-order valence-electron chi connectivity index (χ4n) is 3.68. The fraction of sp³-hybridized carbons (Fsp3) is 0.444. The fourth-order valence-corrected chi connectivity index (χ4v) is 3.68. The average Bonchev–Trinajstić information content (AvgIpc) is 2.51. The second-order valence-corrected chi connectivity index (χ2v) is 6.26. The molecule has 1 N–H and O–H groups in total.